The summed E-state index contributed by atoms with van der Waals surface area (Å²) in [4.78, 5) is 13.3. The van der Waals surface area contributed by atoms with Gasteiger partial charge in [0.1, 0.15) is 5.75 Å². The molecule has 0 saturated heterocycles. The lowest BCUT2D eigenvalue weighted by Crippen LogP contribution is -2.27. The number of carbonyl (C=O) groups excluding carboxylic acids is 1. The standard InChI is InChI=1S/C13H20N2O2.ClH/c1-10-8-11(4-5-12(10)17-3)9-15(2)13(16)6-7-14;/h4-5,8H,6-7,9,14H2,1-3H3;1H. The minimum Gasteiger partial charge on any atom is -0.496 e. The van der Waals surface area contributed by atoms with Crippen LogP contribution in [0.4, 0.5) is 0 Å². The van der Waals surface area contributed by atoms with Crippen LogP contribution >= 0.6 is 12.4 Å². The summed E-state index contributed by atoms with van der Waals surface area (Å²) < 4.78 is 5.19. The van der Waals surface area contributed by atoms with Gasteiger partial charge in [0.15, 0.2) is 0 Å². The van der Waals surface area contributed by atoms with Gasteiger partial charge in [0.2, 0.25) is 5.91 Å². The molecule has 0 spiro atoms. The fourth-order valence-corrected chi connectivity index (χ4v) is 1.72. The van der Waals surface area contributed by atoms with Gasteiger partial charge in [-0.1, -0.05) is 12.1 Å². The third kappa shape index (κ3) is 4.55. The number of hydrogen-bond donors (Lipinski definition) is 1. The van der Waals surface area contributed by atoms with Crippen molar-refractivity contribution in [3.05, 3.63) is 29.3 Å². The highest BCUT2D eigenvalue weighted by Crippen LogP contribution is 2.19. The molecule has 0 aliphatic rings. The van der Waals surface area contributed by atoms with Crippen LogP contribution in [0.2, 0.25) is 0 Å². The first-order valence-electron chi connectivity index (χ1n) is 5.66. The number of ether oxygens (including phenoxy) is 1. The molecule has 0 fully saturated rings. The van der Waals surface area contributed by atoms with Crippen molar-refractivity contribution in [3.8, 4) is 5.75 Å². The van der Waals surface area contributed by atoms with E-state index in [2.05, 4.69) is 0 Å². The smallest absolute Gasteiger partial charge is 0.223 e. The Hall–Kier alpha value is -1.26. The van der Waals surface area contributed by atoms with Gasteiger partial charge in [0.05, 0.1) is 7.11 Å². The number of nitrogens with zero attached hydrogens (tertiary/aromatic N) is 1. The van der Waals surface area contributed by atoms with Crippen LogP contribution in [0.3, 0.4) is 0 Å². The summed E-state index contributed by atoms with van der Waals surface area (Å²) in [5.41, 5.74) is 7.53. The summed E-state index contributed by atoms with van der Waals surface area (Å²) in [5.74, 6) is 0.936. The first-order chi connectivity index (χ1) is 8.08. The first kappa shape index (κ1) is 16.7. The van der Waals surface area contributed by atoms with Gasteiger partial charge < -0.3 is 15.4 Å². The summed E-state index contributed by atoms with van der Waals surface area (Å²) in [6, 6.07) is 5.93. The van der Waals surface area contributed by atoms with E-state index >= 15 is 0 Å². The largest absolute Gasteiger partial charge is 0.496 e. The predicted molar refractivity (Wildman–Crippen MR) is 75.1 cm³/mol. The molecule has 1 aromatic rings. The highest BCUT2D eigenvalue weighted by atomic mass is 35.5. The molecule has 0 aliphatic carbocycles. The van der Waals surface area contributed by atoms with E-state index in [0.717, 1.165) is 16.9 Å². The monoisotopic (exact) mass is 272 g/mol. The Balaban J connectivity index is 0.00000289. The summed E-state index contributed by atoms with van der Waals surface area (Å²) in [5, 5.41) is 0. The number of rotatable bonds is 5. The van der Waals surface area contributed by atoms with Crippen LogP contribution in [0.5, 0.6) is 5.75 Å². The third-order valence-corrected chi connectivity index (χ3v) is 2.66. The van der Waals surface area contributed by atoms with E-state index in [-0.39, 0.29) is 18.3 Å². The first-order valence-corrected chi connectivity index (χ1v) is 5.66. The zero-order valence-electron chi connectivity index (χ0n) is 11.1. The molecule has 0 aliphatic heterocycles. The average Bonchev–Trinajstić information content (AvgIpc) is 2.29. The molecular formula is C13H21ClN2O2. The summed E-state index contributed by atoms with van der Waals surface area (Å²) in [7, 11) is 3.44. The van der Waals surface area contributed by atoms with Crippen LogP contribution in [0.1, 0.15) is 17.5 Å². The fraction of sp³-hybridized carbons (Fsp3) is 0.462. The third-order valence-electron chi connectivity index (χ3n) is 2.66. The molecular weight excluding hydrogens is 252 g/mol. The highest BCUT2D eigenvalue weighted by Gasteiger charge is 2.08. The second-order valence-corrected chi connectivity index (χ2v) is 4.09. The Morgan fingerprint density at radius 2 is 2.11 bits per heavy atom. The van der Waals surface area contributed by atoms with Crippen molar-refractivity contribution in [1.29, 1.82) is 0 Å². The van der Waals surface area contributed by atoms with Crippen molar-refractivity contribution in [2.75, 3.05) is 20.7 Å². The Morgan fingerprint density at radius 1 is 1.44 bits per heavy atom. The molecule has 4 nitrogen and oxygen atoms in total. The van der Waals surface area contributed by atoms with Crippen LogP contribution in [0.15, 0.2) is 18.2 Å². The maximum Gasteiger partial charge on any atom is 0.223 e. The normalized spacial score (nSPS) is 9.56. The van der Waals surface area contributed by atoms with Crippen LogP contribution in [-0.2, 0) is 11.3 Å². The van der Waals surface area contributed by atoms with Crippen LogP contribution in [0, 0.1) is 6.92 Å². The topological polar surface area (TPSA) is 55.6 Å². The van der Waals surface area contributed by atoms with E-state index < -0.39 is 0 Å². The van der Waals surface area contributed by atoms with Gasteiger partial charge in [0.25, 0.3) is 0 Å². The Kier molecular flexibility index (Phi) is 7.39. The summed E-state index contributed by atoms with van der Waals surface area (Å²) >= 11 is 0. The van der Waals surface area contributed by atoms with Crippen molar-refractivity contribution >= 4 is 18.3 Å². The van der Waals surface area contributed by atoms with Gasteiger partial charge >= 0.3 is 0 Å². The number of nitrogens with two attached hydrogens (primary N) is 1. The van der Waals surface area contributed by atoms with Crippen molar-refractivity contribution in [2.24, 2.45) is 5.73 Å². The minimum atomic E-state index is 0. The number of halogens is 1. The van der Waals surface area contributed by atoms with Crippen LogP contribution in [-0.4, -0.2) is 31.5 Å². The van der Waals surface area contributed by atoms with E-state index in [1.807, 2.05) is 25.1 Å². The average molecular weight is 273 g/mol. The molecule has 5 heteroatoms. The number of hydrogen-bond acceptors (Lipinski definition) is 3. The highest BCUT2D eigenvalue weighted by molar-refractivity contribution is 5.85. The molecule has 1 aromatic carbocycles. The molecule has 0 saturated carbocycles. The van der Waals surface area contributed by atoms with E-state index in [1.165, 1.54) is 0 Å². The van der Waals surface area contributed by atoms with Gasteiger partial charge in [-0.3, -0.25) is 4.79 Å². The maximum absolute atomic E-state index is 11.6. The molecule has 0 heterocycles. The predicted octanol–water partition coefficient (Wildman–Crippen LogP) is 1.73. The van der Waals surface area contributed by atoms with Gasteiger partial charge in [-0.25, -0.2) is 0 Å². The summed E-state index contributed by atoms with van der Waals surface area (Å²) in [6.45, 7) is 2.98. The van der Waals surface area contributed by atoms with Gasteiger partial charge in [0, 0.05) is 26.6 Å². The number of methoxy groups -OCH3 is 1. The molecule has 0 bridgehead atoms. The van der Waals surface area contributed by atoms with Gasteiger partial charge in [-0.05, 0) is 24.1 Å². The van der Waals surface area contributed by atoms with E-state index in [0.29, 0.717) is 19.5 Å². The second-order valence-electron chi connectivity index (χ2n) is 4.09. The number of carbonyl (C=O) groups is 1. The quantitative estimate of drug-likeness (QED) is 0.888. The Bertz CT molecular complexity index is 397. The Morgan fingerprint density at radius 3 is 2.61 bits per heavy atom. The molecule has 0 atom stereocenters. The molecule has 1 rings (SSSR count). The molecule has 0 unspecified atom stereocenters. The van der Waals surface area contributed by atoms with E-state index in [1.54, 1.807) is 19.1 Å². The van der Waals surface area contributed by atoms with Gasteiger partial charge in [-0.15, -0.1) is 12.4 Å². The molecule has 18 heavy (non-hydrogen) atoms. The molecule has 0 radical (unpaired) electrons. The van der Waals surface area contributed by atoms with Crippen LogP contribution < -0.4 is 10.5 Å². The summed E-state index contributed by atoms with van der Waals surface area (Å²) in [6.07, 6.45) is 0.394. The molecule has 2 N–H and O–H groups in total. The number of aryl methyl sites for hydroxylation is 1. The molecule has 1 amide bonds. The van der Waals surface area contributed by atoms with E-state index in [9.17, 15) is 4.79 Å². The SMILES string of the molecule is COc1ccc(CN(C)C(=O)CCN)cc1C.Cl. The molecule has 102 valence electrons. The van der Waals surface area contributed by atoms with Crippen molar-refractivity contribution in [3.63, 3.8) is 0 Å². The van der Waals surface area contributed by atoms with Gasteiger partial charge in [-0.2, -0.15) is 0 Å². The van der Waals surface area contributed by atoms with Crippen molar-refractivity contribution in [1.82, 2.24) is 4.90 Å². The number of benzene rings is 1. The fourth-order valence-electron chi connectivity index (χ4n) is 1.72. The molecule has 0 aromatic heterocycles. The van der Waals surface area contributed by atoms with E-state index in [4.69, 9.17) is 10.5 Å². The van der Waals surface area contributed by atoms with Crippen molar-refractivity contribution < 1.29 is 9.53 Å². The maximum atomic E-state index is 11.6. The van der Waals surface area contributed by atoms with Crippen molar-refractivity contribution in [2.45, 2.75) is 19.9 Å². The zero-order valence-corrected chi connectivity index (χ0v) is 11.9. The zero-order chi connectivity index (χ0) is 12.8. The lowest BCUT2D eigenvalue weighted by atomic mass is 10.1. The lowest BCUT2D eigenvalue weighted by Gasteiger charge is -2.17. The minimum absolute atomic E-state index is 0. The Labute approximate surface area is 115 Å². The second kappa shape index (κ2) is 7.95. The number of amides is 1. The van der Waals surface area contributed by atoms with Crippen LogP contribution in [0.25, 0.3) is 0 Å². The lowest BCUT2D eigenvalue weighted by molar-refractivity contribution is -0.130.